The third kappa shape index (κ3) is 2.25. The van der Waals surface area contributed by atoms with Gasteiger partial charge in [0.2, 0.25) is 0 Å². The molecule has 5 nitrogen and oxygen atoms in total. The SMILES string of the molecule is CC1CCC(CN2C(=O)c3cc(I)ccc3S2(=O)=O)O1. The van der Waals surface area contributed by atoms with Gasteiger partial charge in [-0.05, 0) is 60.6 Å². The Morgan fingerprint density at radius 1 is 1.40 bits per heavy atom. The summed E-state index contributed by atoms with van der Waals surface area (Å²) in [7, 11) is -3.72. The highest BCUT2D eigenvalue weighted by Crippen LogP contribution is 2.33. The van der Waals surface area contributed by atoms with E-state index in [0.29, 0.717) is 0 Å². The third-order valence-corrected chi connectivity index (χ3v) is 6.13. The van der Waals surface area contributed by atoms with Crippen molar-refractivity contribution in [2.45, 2.75) is 36.9 Å². The lowest BCUT2D eigenvalue weighted by Crippen LogP contribution is -2.37. The van der Waals surface area contributed by atoms with Crippen LogP contribution in [0.25, 0.3) is 0 Å². The normalized spacial score (nSPS) is 27.9. The van der Waals surface area contributed by atoms with Gasteiger partial charge >= 0.3 is 0 Å². The van der Waals surface area contributed by atoms with Crippen molar-refractivity contribution in [3.63, 3.8) is 0 Å². The Hall–Kier alpha value is -0.670. The third-order valence-electron chi connectivity index (χ3n) is 3.66. The lowest BCUT2D eigenvalue weighted by atomic mass is 10.2. The molecule has 0 aliphatic carbocycles. The summed E-state index contributed by atoms with van der Waals surface area (Å²) in [6.07, 6.45) is 1.62. The number of carbonyl (C=O) groups is 1. The Morgan fingerprint density at radius 2 is 2.15 bits per heavy atom. The summed E-state index contributed by atoms with van der Waals surface area (Å²) in [4.78, 5) is 12.4. The molecule has 2 heterocycles. The highest BCUT2D eigenvalue weighted by Gasteiger charge is 2.43. The van der Waals surface area contributed by atoms with E-state index in [1.165, 1.54) is 6.07 Å². The highest BCUT2D eigenvalue weighted by atomic mass is 127. The van der Waals surface area contributed by atoms with Crippen LogP contribution in [-0.4, -0.2) is 37.4 Å². The molecule has 0 spiro atoms. The lowest BCUT2D eigenvalue weighted by Gasteiger charge is -2.19. The minimum Gasteiger partial charge on any atom is -0.373 e. The van der Waals surface area contributed by atoms with Crippen LogP contribution in [0.2, 0.25) is 0 Å². The van der Waals surface area contributed by atoms with Crippen molar-refractivity contribution in [2.75, 3.05) is 6.54 Å². The highest BCUT2D eigenvalue weighted by molar-refractivity contribution is 14.1. The van der Waals surface area contributed by atoms with Crippen molar-refractivity contribution >= 4 is 38.5 Å². The number of ether oxygens (including phenoxy) is 1. The second-order valence-corrected chi connectivity index (χ2v) is 8.20. The average Bonchev–Trinajstić information content (AvgIpc) is 2.86. The fourth-order valence-corrected chi connectivity index (χ4v) is 4.71. The molecule has 0 N–H and O–H groups in total. The quantitative estimate of drug-likeness (QED) is 0.704. The molecule has 0 aromatic heterocycles. The summed E-state index contributed by atoms with van der Waals surface area (Å²) in [5.74, 6) is -0.443. The molecule has 3 rings (SSSR count). The first-order chi connectivity index (χ1) is 9.39. The van der Waals surface area contributed by atoms with Gasteiger partial charge in [-0.3, -0.25) is 4.79 Å². The van der Waals surface area contributed by atoms with Gasteiger partial charge in [-0.1, -0.05) is 0 Å². The predicted molar refractivity (Wildman–Crippen MR) is 81.0 cm³/mol. The summed E-state index contributed by atoms with van der Waals surface area (Å²) < 4.78 is 32.3. The average molecular weight is 407 g/mol. The molecule has 1 saturated heterocycles. The minimum atomic E-state index is -3.72. The number of sulfonamides is 1. The molecule has 1 aromatic carbocycles. The molecule has 0 bridgehead atoms. The maximum atomic E-state index is 12.4. The zero-order valence-corrected chi connectivity index (χ0v) is 13.8. The summed E-state index contributed by atoms with van der Waals surface area (Å²) in [5, 5.41) is 0. The molecule has 108 valence electrons. The Bertz CT molecular complexity index is 673. The van der Waals surface area contributed by atoms with Gasteiger partial charge in [0, 0.05) is 3.57 Å². The van der Waals surface area contributed by atoms with E-state index in [0.717, 1.165) is 20.7 Å². The van der Waals surface area contributed by atoms with Crippen LogP contribution in [0.1, 0.15) is 30.1 Å². The van der Waals surface area contributed by atoms with Gasteiger partial charge < -0.3 is 4.74 Å². The van der Waals surface area contributed by atoms with E-state index in [9.17, 15) is 13.2 Å². The van der Waals surface area contributed by atoms with Crippen molar-refractivity contribution in [2.24, 2.45) is 0 Å². The van der Waals surface area contributed by atoms with Crippen LogP contribution in [-0.2, 0) is 14.8 Å². The van der Waals surface area contributed by atoms with E-state index in [4.69, 9.17) is 4.74 Å². The monoisotopic (exact) mass is 407 g/mol. The van der Waals surface area contributed by atoms with Crippen LogP contribution in [0.15, 0.2) is 23.1 Å². The molecular weight excluding hydrogens is 393 g/mol. The van der Waals surface area contributed by atoms with Crippen molar-refractivity contribution < 1.29 is 17.9 Å². The molecule has 20 heavy (non-hydrogen) atoms. The molecule has 0 radical (unpaired) electrons. The molecule has 0 saturated carbocycles. The van der Waals surface area contributed by atoms with Gasteiger partial charge in [-0.25, -0.2) is 12.7 Å². The zero-order valence-electron chi connectivity index (χ0n) is 10.9. The maximum Gasteiger partial charge on any atom is 0.269 e. The Morgan fingerprint density at radius 3 is 2.80 bits per heavy atom. The van der Waals surface area contributed by atoms with Crippen LogP contribution in [0, 0.1) is 3.57 Å². The standard InChI is InChI=1S/C13H14INO4S/c1-8-2-4-10(19-8)7-15-13(16)11-6-9(14)3-5-12(11)20(15,17)18/h3,5-6,8,10H,2,4,7H2,1H3. The number of benzene rings is 1. The second-order valence-electron chi connectivity index (χ2n) is 5.13. The number of amides is 1. The second kappa shape index (κ2) is 4.96. The summed E-state index contributed by atoms with van der Waals surface area (Å²) in [6.45, 7) is 2.06. The van der Waals surface area contributed by atoms with Crippen molar-refractivity contribution in [1.29, 1.82) is 0 Å². The maximum absolute atomic E-state index is 12.4. The van der Waals surface area contributed by atoms with Crippen LogP contribution in [0.3, 0.4) is 0 Å². The van der Waals surface area contributed by atoms with Gasteiger partial charge in [0.05, 0.1) is 24.3 Å². The number of carbonyl (C=O) groups excluding carboxylic acids is 1. The van der Waals surface area contributed by atoms with Gasteiger partial charge in [0.15, 0.2) is 0 Å². The Balaban J connectivity index is 1.93. The van der Waals surface area contributed by atoms with Crippen molar-refractivity contribution in [3.8, 4) is 0 Å². The fraction of sp³-hybridized carbons (Fsp3) is 0.462. The van der Waals surface area contributed by atoms with Crippen molar-refractivity contribution in [1.82, 2.24) is 4.31 Å². The molecule has 2 atom stereocenters. The first-order valence-electron chi connectivity index (χ1n) is 6.41. The van der Waals surface area contributed by atoms with E-state index in [1.807, 2.05) is 6.92 Å². The molecule has 2 aliphatic heterocycles. The van der Waals surface area contributed by atoms with Crippen LogP contribution >= 0.6 is 22.6 Å². The largest absolute Gasteiger partial charge is 0.373 e. The number of rotatable bonds is 2. The van der Waals surface area contributed by atoms with E-state index in [1.54, 1.807) is 12.1 Å². The zero-order chi connectivity index (χ0) is 14.5. The topological polar surface area (TPSA) is 63.7 Å². The van der Waals surface area contributed by atoms with Crippen LogP contribution < -0.4 is 0 Å². The van der Waals surface area contributed by atoms with Gasteiger partial charge in [-0.15, -0.1) is 0 Å². The molecular formula is C13H14INO4S. The van der Waals surface area contributed by atoms with Crippen LogP contribution in [0.5, 0.6) is 0 Å². The number of fused-ring (bicyclic) bond motifs is 1. The number of hydrogen-bond acceptors (Lipinski definition) is 4. The molecule has 7 heteroatoms. The number of hydrogen-bond donors (Lipinski definition) is 0. The van der Waals surface area contributed by atoms with E-state index < -0.39 is 15.9 Å². The van der Waals surface area contributed by atoms with Gasteiger partial charge in [0.1, 0.15) is 4.90 Å². The van der Waals surface area contributed by atoms with Crippen molar-refractivity contribution in [3.05, 3.63) is 27.3 Å². The lowest BCUT2D eigenvalue weighted by molar-refractivity contribution is 0.0419. The first kappa shape index (κ1) is 14.3. The number of halogens is 1. The van der Waals surface area contributed by atoms with E-state index in [2.05, 4.69) is 22.6 Å². The van der Waals surface area contributed by atoms with Gasteiger partial charge in [-0.2, -0.15) is 0 Å². The minimum absolute atomic E-state index is 0.106. The molecule has 1 aromatic rings. The molecule has 1 amide bonds. The predicted octanol–water partition coefficient (Wildman–Crippen LogP) is 2.00. The van der Waals surface area contributed by atoms with E-state index in [-0.39, 0.29) is 29.2 Å². The fourth-order valence-electron chi connectivity index (χ4n) is 2.64. The molecule has 2 aliphatic rings. The molecule has 1 fully saturated rings. The first-order valence-corrected chi connectivity index (χ1v) is 8.93. The summed E-state index contributed by atoms with van der Waals surface area (Å²) in [6, 6.07) is 4.82. The Labute approximate surface area is 131 Å². The smallest absolute Gasteiger partial charge is 0.269 e. The van der Waals surface area contributed by atoms with E-state index >= 15 is 0 Å². The summed E-state index contributed by atoms with van der Waals surface area (Å²) in [5.41, 5.74) is 0.267. The Kier molecular flexibility index (Phi) is 3.54. The van der Waals surface area contributed by atoms with Gasteiger partial charge in [0.25, 0.3) is 15.9 Å². The number of nitrogens with zero attached hydrogens (tertiary/aromatic N) is 1. The van der Waals surface area contributed by atoms with Crippen LogP contribution in [0.4, 0.5) is 0 Å². The molecule has 2 unspecified atom stereocenters. The summed E-state index contributed by atoms with van der Waals surface area (Å²) >= 11 is 2.06.